The van der Waals surface area contributed by atoms with Gasteiger partial charge in [-0.05, 0) is 51.3 Å². The third-order valence-corrected chi connectivity index (χ3v) is 2.59. The fraction of sp³-hybridized carbons (Fsp3) is 0.562. The molecule has 1 amide bonds. The predicted octanol–water partition coefficient (Wildman–Crippen LogP) is 2.27. The molecule has 5 heteroatoms. The summed E-state index contributed by atoms with van der Waals surface area (Å²) in [5, 5.41) is 2.05. The quantitative estimate of drug-likeness (QED) is 0.836. The highest BCUT2D eigenvalue weighted by atomic mass is 16.5. The van der Waals surface area contributed by atoms with Crippen molar-refractivity contribution in [2.45, 2.75) is 59.6 Å². The van der Waals surface area contributed by atoms with Gasteiger partial charge in [-0.1, -0.05) is 26.0 Å². The molecule has 1 aromatic rings. The predicted molar refractivity (Wildman–Crippen MR) is 88.5 cm³/mol. The fourth-order valence-electron chi connectivity index (χ4n) is 1.74. The largest absolute Gasteiger partial charge is 0.488 e. The molecule has 3 N–H and O–H groups in total. The SMILES string of the molecule is CC.[B]NC(=O)[C@@H](N)Cc1ccc(OC(C)(C)C)c(C)c1. The van der Waals surface area contributed by atoms with Gasteiger partial charge in [-0.25, -0.2) is 0 Å². The van der Waals surface area contributed by atoms with Crippen molar-refractivity contribution in [3.63, 3.8) is 0 Å². The van der Waals surface area contributed by atoms with Crippen LogP contribution in [0.3, 0.4) is 0 Å². The van der Waals surface area contributed by atoms with E-state index in [1.165, 1.54) is 0 Å². The standard InChI is InChI=1S/C14H21BN2O2.C2H6/c1-9-7-10(8-11(16)13(18)17-15)5-6-12(9)19-14(2,3)4;1-2/h5-7,11H,8,16H2,1-4H3,(H,17,18);1-2H3/t11-;/m0./s1. The lowest BCUT2D eigenvalue weighted by atomic mass is 10.0. The number of carbonyl (C=O) groups excluding carboxylic acids is 1. The third-order valence-electron chi connectivity index (χ3n) is 2.59. The fourth-order valence-corrected chi connectivity index (χ4v) is 1.74. The minimum absolute atomic E-state index is 0.234. The number of rotatable bonds is 4. The Labute approximate surface area is 129 Å². The molecule has 0 aliphatic rings. The Balaban J connectivity index is 0.00000191. The van der Waals surface area contributed by atoms with Gasteiger partial charge in [0.15, 0.2) is 0 Å². The first kappa shape index (κ1) is 19.5. The van der Waals surface area contributed by atoms with Crippen LogP contribution in [0, 0.1) is 6.92 Å². The van der Waals surface area contributed by atoms with E-state index in [0.717, 1.165) is 16.9 Å². The zero-order valence-corrected chi connectivity index (χ0v) is 14.0. The molecule has 0 aliphatic carbocycles. The highest BCUT2D eigenvalue weighted by molar-refractivity contribution is 6.15. The number of carbonyl (C=O) groups is 1. The number of aryl methyl sites for hydroxylation is 1. The molecule has 0 heterocycles. The Morgan fingerprint density at radius 3 is 2.38 bits per heavy atom. The minimum Gasteiger partial charge on any atom is -0.488 e. The van der Waals surface area contributed by atoms with Gasteiger partial charge in [-0.2, -0.15) is 0 Å². The van der Waals surface area contributed by atoms with Crippen molar-refractivity contribution in [1.29, 1.82) is 0 Å². The number of nitrogens with two attached hydrogens (primary N) is 1. The number of nitrogens with one attached hydrogen (secondary N) is 1. The van der Waals surface area contributed by atoms with Crippen LogP contribution >= 0.6 is 0 Å². The van der Waals surface area contributed by atoms with Gasteiger partial charge in [0.1, 0.15) is 11.4 Å². The van der Waals surface area contributed by atoms with Gasteiger partial charge in [0.25, 0.3) is 0 Å². The molecule has 0 bridgehead atoms. The smallest absolute Gasteiger partial charge is 0.226 e. The minimum atomic E-state index is -0.640. The van der Waals surface area contributed by atoms with E-state index in [4.69, 9.17) is 18.5 Å². The molecule has 0 aromatic heterocycles. The monoisotopic (exact) mass is 290 g/mol. The van der Waals surface area contributed by atoms with Gasteiger partial charge >= 0.3 is 0 Å². The first-order chi connectivity index (χ1) is 9.73. The molecule has 0 fully saturated rings. The van der Waals surface area contributed by atoms with Crippen LogP contribution in [0.25, 0.3) is 0 Å². The van der Waals surface area contributed by atoms with E-state index in [-0.39, 0.29) is 11.5 Å². The molecule has 4 nitrogen and oxygen atoms in total. The van der Waals surface area contributed by atoms with E-state index in [2.05, 4.69) is 5.23 Å². The zero-order chi connectivity index (χ0) is 16.6. The van der Waals surface area contributed by atoms with Gasteiger partial charge in [-0.3, -0.25) is 4.79 Å². The number of hydrogen-bond acceptors (Lipinski definition) is 3. The molecule has 1 atom stereocenters. The van der Waals surface area contributed by atoms with E-state index in [0.29, 0.717) is 6.42 Å². The average molecular weight is 290 g/mol. The van der Waals surface area contributed by atoms with E-state index < -0.39 is 6.04 Å². The van der Waals surface area contributed by atoms with Gasteiger partial charge in [-0.15, -0.1) is 0 Å². The molecule has 2 radical (unpaired) electrons. The summed E-state index contributed by atoms with van der Waals surface area (Å²) < 4.78 is 5.83. The first-order valence-corrected chi connectivity index (χ1v) is 7.27. The summed E-state index contributed by atoms with van der Waals surface area (Å²) in [4.78, 5) is 11.3. The average Bonchev–Trinajstić information content (AvgIpc) is 2.42. The van der Waals surface area contributed by atoms with Crippen LogP contribution in [0.1, 0.15) is 45.7 Å². The third kappa shape index (κ3) is 7.18. The van der Waals surface area contributed by atoms with E-state index in [1.807, 2.05) is 59.7 Å². The van der Waals surface area contributed by atoms with E-state index in [1.54, 1.807) is 0 Å². The lowest BCUT2D eigenvalue weighted by molar-refractivity contribution is -0.120. The van der Waals surface area contributed by atoms with Crippen molar-refractivity contribution in [3.8, 4) is 5.75 Å². The first-order valence-electron chi connectivity index (χ1n) is 7.27. The second-order valence-corrected chi connectivity index (χ2v) is 5.63. The Morgan fingerprint density at radius 1 is 1.38 bits per heavy atom. The number of benzene rings is 1. The van der Waals surface area contributed by atoms with Crippen molar-refractivity contribution >= 4 is 13.9 Å². The van der Waals surface area contributed by atoms with Crippen LogP contribution in [0.5, 0.6) is 5.75 Å². The topological polar surface area (TPSA) is 64.4 Å². The van der Waals surface area contributed by atoms with Crippen molar-refractivity contribution in [2.75, 3.05) is 0 Å². The van der Waals surface area contributed by atoms with Gasteiger partial charge < -0.3 is 15.7 Å². The van der Waals surface area contributed by atoms with Crippen LogP contribution in [0.15, 0.2) is 18.2 Å². The summed E-state index contributed by atoms with van der Waals surface area (Å²) >= 11 is 0. The van der Waals surface area contributed by atoms with Crippen molar-refractivity contribution in [3.05, 3.63) is 29.3 Å². The van der Waals surface area contributed by atoms with Crippen LogP contribution in [0.2, 0.25) is 0 Å². The zero-order valence-electron chi connectivity index (χ0n) is 14.0. The van der Waals surface area contributed by atoms with Gasteiger partial charge in [0.05, 0.1) is 6.04 Å². The van der Waals surface area contributed by atoms with Gasteiger partial charge in [0.2, 0.25) is 13.9 Å². The van der Waals surface area contributed by atoms with Crippen molar-refractivity contribution in [1.82, 2.24) is 5.23 Å². The Hall–Kier alpha value is -1.49. The van der Waals surface area contributed by atoms with Crippen molar-refractivity contribution < 1.29 is 9.53 Å². The van der Waals surface area contributed by atoms with Crippen LogP contribution in [0.4, 0.5) is 0 Å². The van der Waals surface area contributed by atoms with E-state index >= 15 is 0 Å². The summed E-state index contributed by atoms with van der Waals surface area (Å²) in [6, 6.07) is 5.16. The van der Waals surface area contributed by atoms with Gasteiger partial charge in [0, 0.05) is 0 Å². The molecule has 1 rings (SSSR count). The number of ether oxygens (including phenoxy) is 1. The maximum atomic E-state index is 11.3. The Kier molecular flexibility index (Phi) is 8.11. The summed E-state index contributed by atoms with van der Waals surface area (Å²) in [6.07, 6.45) is 0.444. The summed E-state index contributed by atoms with van der Waals surface area (Å²) in [5.41, 5.74) is 7.49. The molecule has 0 saturated carbocycles. The molecule has 0 aliphatic heterocycles. The summed E-state index contributed by atoms with van der Waals surface area (Å²) in [7, 11) is 5.05. The molecule has 116 valence electrons. The molecule has 21 heavy (non-hydrogen) atoms. The van der Waals surface area contributed by atoms with Crippen LogP contribution in [-0.2, 0) is 11.2 Å². The lowest BCUT2D eigenvalue weighted by Gasteiger charge is -2.23. The highest BCUT2D eigenvalue weighted by Gasteiger charge is 2.15. The van der Waals surface area contributed by atoms with Crippen molar-refractivity contribution in [2.24, 2.45) is 5.73 Å². The van der Waals surface area contributed by atoms with E-state index in [9.17, 15) is 4.79 Å². The highest BCUT2D eigenvalue weighted by Crippen LogP contribution is 2.24. The summed E-state index contributed by atoms with van der Waals surface area (Å²) in [6.45, 7) is 12.0. The Bertz CT molecular complexity index is 456. The second kappa shape index (κ2) is 8.72. The molecule has 1 aromatic carbocycles. The number of amides is 1. The molecule has 0 saturated heterocycles. The lowest BCUT2D eigenvalue weighted by Crippen LogP contribution is -2.40. The second-order valence-electron chi connectivity index (χ2n) is 5.63. The normalized spacial score (nSPS) is 12.0. The summed E-state index contributed by atoms with van der Waals surface area (Å²) in [5.74, 6) is 0.473. The molecule has 0 spiro atoms. The molecular formula is C16H27BN2O2. The molecule has 0 unspecified atom stereocenters. The Morgan fingerprint density at radius 2 is 1.95 bits per heavy atom. The maximum absolute atomic E-state index is 11.3. The van der Waals surface area contributed by atoms with Crippen LogP contribution in [-0.4, -0.2) is 25.5 Å². The van der Waals surface area contributed by atoms with Crippen LogP contribution < -0.4 is 15.7 Å². The maximum Gasteiger partial charge on any atom is 0.226 e. The molecular weight excluding hydrogens is 263 g/mol. The number of hydrogen-bond donors (Lipinski definition) is 2.